The molecule has 0 aliphatic rings. The second-order valence-electron chi connectivity index (χ2n) is 3.69. The Balaban J connectivity index is 1.76. The molecule has 0 aromatic heterocycles. The van der Waals surface area contributed by atoms with Crippen LogP contribution in [0, 0.1) is 0 Å². The minimum absolute atomic E-state index is 0.547. The molecule has 2 nitrogen and oxygen atoms in total. The molecule has 0 bridgehead atoms. The van der Waals surface area contributed by atoms with Gasteiger partial charge < -0.3 is 0 Å². The van der Waals surface area contributed by atoms with Gasteiger partial charge in [-0.25, -0.2) is 0 Å². The Hall–Kier alpha value is -1.35. The van der Waals surface area contributed by atoms with Gasteiger partial charge in [0.05, 0.1) is 6.61 Å². The molecule has 0 amide bonds. The summed E-state index contributed by atoms with van der Waals surface area (Å²) in [5.41, 5.74) is 5.07. The number of nitrogens with one attached hydrogen (secondary N) is 1. The van der Waals surface area contributed by atoms with Gasteiger partial charge in [0, 0.05) is 11.6 Å². The highest BCUT2D eigenvalue weighted by Crippen LogP contribution is 2.14. The summed E-state index contributed by atoms with van der Waals surface area (Å²) in [7, 11) is 0. The van der Waals surface area contributed by atoms with Crippen LogP contribution >= 0.6 is 11.6 Å². The average Bonchev–Trinajstić information content (AvgIpc) is 2.38. The number of halogens is 1. The molecule has 0 unspecified atom stereocenters. The molecule has 0 saturated carbocycles. The number of benzene rings is 2. The predicted molar refractivity (Wildman–Crippen MR) is 69.5 cm³/mol. The third-order valence-electron chi connectivity index (χ3n) is 2.40. The first-order valence-corrected chi connectivity index (χ1v) is 5.86. The van der Waals surface area contributed by atoms with Crippen LogP contribution in [-0.2, 0) is 18.0 Å². The topological polar surface area (TPSA) is 21.3 Å². The van der Waals surface area contributed by atoms with Crippen LogP contribution in [0.1, 0.15) is 11.1 Å². The van der Waals surface area contributed by atoms with Crippen molar-refractivity contribution in [3.8, 4) is 0 Å². The van der Waals surface area contributed by atoms with Crippen LogP contribution in [0.5, 0.6) is 0 Å². The van der Waals surface area contributed by atoms with Gasteiger partial charge in [0.2, 0.25) is 0 Å². The van der Waals surface area contributed by atoms with Crippen molar-refractivity contribution in [3.05, 3.63) is 70.7 Å². The van der Waals surface area contributed by atoms with Crippen molar-refractivity contribution >= 4 is 11.6 Å². The lowest BCUT2D eigenvalue weighted by atomic mass is 10.2. The average molecular weight is 248 g/mol. The molecule has 17 heavy (non-hydrogen) atoms. The summed E-state index contributed by atoms with van der Waals surface area (Å²) < 4.78 is 0. The van der Waals surface area contributed by atoms with Gasteiger partial charge in [-0.3, -0.25) is 4.84 Å². The van der Waals surface area contributed by atoms with Gasteiger partial charge in [0.25, 0.3) is 0 Å². The molecule has 0 aliphatic carbocycles. The number of hydroxylamine groups is 1. The summed E-state index contributed by atoms with van der Waals surface area (Å²) in [6.45, 7) is 1.15. The van der Waals surface area contributed by atoms with Crippen LogP contribution in [0.3, 0.4) is 0 Å². The Labute approximate surface area is 106 Å². The van der Waals surface area contributed by atoms with E-state index >= 15 is 0 Å². The quantitative estimate of drug-likeness (QED) is 0.644. The van der Waals surface area contributed by atoms with Crippen molar-refractivity contribution < 1.29 is 4.84 Å². The van der Waals surface area contributed by atoms with Crippen molar-refractivity contribution in [2.75, 3.05) is 0 Å². The largest absolute Gasteiger partial charge is 0.297 e. The molecule has 0 aliphatic heterocycles. The molecule has 0 atom stereocenters. The van der Waals surface area contributed by atoms with E-state index < -0.39 is 0 Å². The zero-order valence-electron chi connectivity index (χ0n) is 9.40. The normalized spacial score (nSPS) is 10.4. The van der Waals surface area contributed by atoms with Gasteiger partial charge in [-0.05, 0) is 17.2 Å². The first-order valence-electron chi connectivity index (χ1n) is 5.48. The fraction of sp³-hybridized carbons (Fsp3) is 0.143. The van der Waals surface area contributed by atoms with E-state index in [1.165, 1.54) is 0 Å². The lowest BCUT2D eigenvalue weighted by Gasteiger charge is -2.07. The van der Waals surface area contributed by atoms with E-state index in [0.29, 0.717) is 13.2 Å². The summed E-state index contributed by atoms with van der Waals surface area (Å²) in [4.78, 5) is 5.37. The maximum absolute atomic E-state index is 6.02. The molecule has 2 aromatic rings. The molecule has 2 aromatic carbocycles. The monoisotopic (exact) mass is 247 g/mol. The number of rotatable bonds is 5. The fourth-order valence-corrected chi connectivity index (χ4v) is 1.68. The molecule has 2 rings (SSSR count). The van der Waals surface area contributed by atoms with E-state index in [1.807, 2.05) is 54.6 Å². The molecular formula is C14H14ClNO. The minimum atomic E-state index is 0.547. The molecule has 3 heteroatoms. The molecule has 0 fully saturated rings. The molecular weight excluding hydrogens is 234 g/mol. The number of hydrogen-bond donors (Lipinski definition) is 1. The maximum atomic E-state index is 6.02. The Morgan fingerprint density at radius 2 is 1.65 bits per heavy atom. The summed E-state index contributed by atoms with van der Waals surface area (Å²) in [6, 6.07) is 17.7. The third-order valence-corrected chi connectivity index (χ3v) is 2.77. The van der Waals surface area contributed by atoms with E-state index in [-0.39, 0.29) is 0 Å². The lowest BCUT2D eigenvalue weighted by Crippen LogP contribution is -2.14. The Morgan fingerprint density at radius 1 is 0.941 bits per heavy atom. The highest BCUT2D eigenvalue weighted by atomic mass is 35.5. The maximum Gasteiger partial charge on any atom is 0.0933 e. The van der Waals surface area contributed by atoms with Gasteiger partial charge in [-0.15, -0.1) is 0 Å². The second kappa shape index (κ2) is 6.40. The van der Waals surface area contributed by atoms with Crippen LogP contribution in [0.25, 0.3) is 0 Å². The zero-order valence-corrected chi connectivity index (χ0v) is 10.2. The summed E-state index contributed by atoms with van der Waals surface area (Å²) in [5, 5.41) is 0.753. The fourth-order valence-electron chi connectivity index (χ4n) is 1.48. The van der Waals surface area contributed by atoms with Gasteiger partial charge in [0.1, 0.15) is 0 Å². The highest BCUT2D eigenvalue weighted by molar-refractivity contribution is 6.31. The van der Waals surface area contributed by atoms with E-state index in [9.17, 15) is 0 Å². The van der Waals surface area contributed by atoms with Crippen molar-refractivity contribution in [1.29, 1.82) is 0 Å². The molecule has 0 radical (unpaired) electrons. The first kappa shape index (κ1) is 12.1. The molecule has 1 N–H and O–H groups in total. The van der Waals surface area contributed by atoms with Crippen molar-refractivity contribution in [2.45, 2.75) is 13.2 Å². The number of hydrogen-bond acceptors (Lipinski definition) is 2. The summed E-state index contributed by atoms with van der Waals surface area (Å²) in [6.07, 6.45) is 0. The second-order valence-corrected chi connectivity index (χ2v) is 4.09. The Bertz CT molecular complexity index is 459. The van der Waals surface area contributed by atoms with Gasteiger partial charge in [0.15, 0.2) is 0 Å². The predicted octanol–water partition coefficient (Wildman–Crippen LogP) is 3.56. The highest BCUT2D eigenvalue weighted by Gasteiger charge is 1.98. The van der Waals surface area contributed by atoms with Crippen LogP contribution < -0.4 is 5.48 Å². The van der Waals surface area contributed by atoms with Gasteiger partial charge in [-0.1, -0.05) is 60.1 Å². The molecule has 0 heterocycles. The van der Waals surface area contributed by atoms with E-state index in [2.05, 4.69) is 5.48 Å². The van der Waals surface area contributed by atoms with Crippen molar-refractivity contribution in [2.24, 2.45) is 0 Å². The Kier molecular flexibility index (Phi) is 4.56. The molecule has 88 valence electrons. The molecule has 0 saturated heterocycles. The van der Waals surface area contributed by atoms with Crippen molar-refractivity contribution in [3.63, 3.8) is 0 Å². The zero-order chi connectivity index (χ0) is 11.9. The third kappa shape index (κ3) is 3.86. The first-order chi connectivity index (χ1) is 8.36. The van der Waals surface area contributed by atoms with Gasteiger partial charge in [-0.2, -0.15) is 5.48 Å². The van der Waals surface area contributed by atoms with Crippen LogP contribution in [-0.4, -0.2) is 0 Å². The van der Waals surface area contributed by atoms with Crippen molar-refractivity contribution in [1.82, 2.24) is 5.48 Å². The van der Waals surface area contributed by atoms with Gasteiger partial charge >= 0.3 is 0 Å². The summed E-state index contributed by atoms with van der Waals surface area (Å²) >= 11 is 6.02. The smallest absolute Gasteiger partial charge is 0.0933 e. The minimum Gasteiger partial charge on any atom is -0.297 e. The van der Waals surface area contributed by atoms with Crippen LogP contribution in [0.4, 0.5) is 0 Å². The summed E-state index contributed by atoms with van der Waals surface area (Å²) in [5.74, 6) is 0. The van der Waals surface area contributed by atoms with E-state index in [4.69, 9.17) is 16.4 Å². The Morgan fingerprint density at radius 3 is 2.41 bits per heavy atom. The lowest BCUT2D eigenvalue weighted by molar-refractivity contribution is 0.0235. The van der Waals surface area contributed by atoms with E-state index in [0.717, 1.165) is 16.1 Å². The SMILES string of the molecule is Clc1ccccc1CNOCc1ccccc1. The van der Waals surface area contributed by atoms with Crippen LogP contribution in [0.2, 0.25) is 5.02 Å². The van der Waals surface area contributed by atoms with Crippen LogP contribution in [0.15, 0.2) is 54.6 Å². The van der Waals surface area contributed by atoms with E-state index in [1.54, 1.807) is 0 Å². The molecule has 0 spiro atoms. The standard InChI is InChI=1S/C14H14ClNO/c15-14-9-5-4-8-13(14)10-16-17-11-12-6-2-1-3-7-12/h1-9,16H,10-11H2.